The Balaban J connectivity index is 1.56. The highest BCUT2D eigenvalue weighted by atomic mass is 16.5. The van der Waals surface area contributed by atoms with E-state index in [0.717, 1.165) is 70.2 Å². The molecule has 0 amide bonds. The monoisotopic (exact) mass is 360 g/mol. The van der Waals surface area contributed by atoms with Crippen molar-refractivity contribution in [1.82, 2.24) is 10.2 Å². The Morgan fingerprint density at radius 1 is 1.19 bits per heavy atom. The smallest absolute Gasteiger partial charge is 0.194 e. The minimum Gasteiger partial charge on any atom is -0.497 e. The third-order valence-corrected chi connectivity index (χ3v) is 5.45. The average molecular weight is 361 g/mol. The molecule has 1 aromatic rings. The second-order valence-electron chi connectivity index (χ2n) is 7.13. The first-order chi connectivity index (χ1) is 12.7. The number of nitrogens with zero attached hydrogens (tertiary/aromatic N) is 3. The second kappa shape index (κ2) is 9.12. The predicted molar refractivity (Wildman–Crippen MR) is 106 cm³/mol. The van der Waals surface area contributed by atoms with Gasteiger partial charge in [0.2, 0.25) is 0 Å². The van der Waals surface area contributed by atoms with Gasteiger partial charge in [-0.25, -0.2) is 0 Å². The zero-order chi connectivity index (χ0) is 18.4. The number of piperazine rings is 1. The lowest BCUT2D eigenvalue weighted by Crippen LogP contribution is -2.52. The van der Waals surface area contributed by atoms with Gasteiger partial charge >= 0.3 is 0 Å². The van der Waals surface area contributed by atoms with Gasteiger partial charge in [-0.15, -0.1) is 0 Å². The summed E-state index contributed by atoms with van der Waals surface area (Å²) in [6, 6.07) is 8.27. The summed E-state index contributed by atoms with van der Waals surface area (Å²) in [5.41, 5.74) is 1.24. The van der Waals surface area contributed by atoms with Gasteiger partial charge in [0.05, 0.1) is 13.2 Å². The van der Waals surface area contributed by atoms with Crippen molar-refractivity contribution >= 4 is 11.6 Å². The van der Waals surface area contributed by atoms with Crippen LogP contribution in [0.4, 0.5) is 5.69 Å². The Bertz CT molecular complexity index is 582. The molecule has 26 heavy (non-hydrogen) atoms. The summed E-state index contributed by atoms with van der Waals surface area (Å²) < 4.78 is 5.24. The molecule has 0 spiro atoms. The predicted octanol–water partition coefficient (Wildman–Crippen LogP) is 1.94. The van der Waals surface area contributed by atoms with E-state index in [0.29, 0.717) is 5.92 Å². The molecule has 3 rings (SSSR count). The van der Waals surface area contributed by atoms with Gasteiger partial charge in [0.25, 0.3) is 0 Å². The third kappa shape index (κ3) is 4.61. The number of nitrogens with one attached hydrogen (secondary N) is 1. The molecule has 6 nitrogen and oxygen atoms in total. The van der Waals surface area contributed by atoms with Gasteiger partial charge < -0.3 is 25.0 Å². The van der Waals surface area contributed by atoms with Crippen LogP contribution in [0.3, 0.4) is 0 Å². The van der Waals surface area contributed by atoms with Crippen LogP contribution in [0.15, 0.2) is 29.3 Å². The lowest BCUT2D eigenvalue weighted by atomic mass is 10.1. The Morgan fingerprint density at radius 2 is 1.92 bits per heavy atom. The number of methoxy groups -OCH3 is 1. The van der Waals surface area contributed by atoms with Crippen LogP contribution in [0.2, 0.25) is 0 Å². The molecule has 144 valence electrons. The first-order valence-electron chi connectivity index (χ1n) is 9.81. The molecule has 0 bridgehead atoms. The Hall–Kier alpha value is -1.95. The minimum absolute atomic E-state index is 0.173. The van der Waals surface area contributed by atoms with E-state index in [4.69, 9.17) is 9.73 Å². The number of benzene rings is 1. The number of rotatable bonds is 5. The van der Waals surface area contributed by atoms with E-state index in [1.54, 1.807) is 7.11 Å². The van der Waals surface area contributed by atoms with Gasteiger partial charge in [-0.2, -0.15) is 0 Å². The van der Waals surface area contributed by atoms with E-state index in [1.165, 1.54) is 5.69 Å². The van der Waals surface area contributed by atoms with Crippen LogP contribution in [0, 0.1) is 5.92 Å². The molecule has 2 fully saturated rings. The Morgan fingerprint density at radius 3 is 2.50 bits per heavy atom. The molecule has 2 aliphatic rings. The van der Waals surface area contributed by atoms with Crippen molar-refractivity contribution in [3.63, 3.8) is 0 Å². The van der Waals surface area contributed by atoms with Gasteiger partial charge in [0.15, 0.2) is 5.96 Å². The van der Waals surface area contributed by atoms with Gasteiger partial charge in [-0.3, -0.25) is 4.99 Å². The van der Waals surface area contributed by atoms with Crippen molar-refractivity contribution < 1.29 is 9.84 Å². The topological polar surface area (TPSA) is 60.3 Å². The molecule has 0 radical (unpaired) electrons. The first kappa shape index (κ1) is 18.8. The number of guanidine groups is 1. The molecular formula is C20H32N4O2. The van der Waals surface area contributed by atoms with E-state index in [2.05, 4.69) is 34.2 Å². The molecule has 2 atom stereocenters. The molecule has 6 heteroatoms. The van der Waals surface area contributed by atoms with Crippen molar-refractivity contribution in [2.24, 2.45) is 10.9 Å². The number of aliphatic hydroxyl groups is 1. The number of hydrogen-bond donors (Lipinski definition) is 2. The molecule has 1 heterocycles. The standard InChI is InChI=1S/C20H32N4O2/c1-3-21-20(22-15-16-5-4-6-19(16)25)24-13-11-23(12-14-24)17-7-9-18(26-2)10-8-17/h7-10,16,19,25H,3-6,11-15H2,1-2H3,(H,21,22). The molecule has 1 aromatic carbocycles. The minimum atomic E-state index is -0.173. The van der Waals surface area contributed by atoms with Crippen LogP contribution in [-0.4, -0.2) is 68.4 Å². The van der Waals surface area contributed by atoms with Gasteiger partial charge in [-0.05, 0) is 44.0 Å². The molecule has 2 unspecified atom stereocenters. The normalized spacial score (nSPS) is 24.0. The van der Waals surface area contributed by atoms with Crippen LogP contribution >= 0.6 is 0 Å². The number of anilines is 1. The lowest BCUT2D eigenvalue weighted by molar-refractivity contribution is 0.136. The van der Waals surface area contributed by atoms with Crippen LogP contribution in [0.25, 0.3) is 0 Å². The second-order valence-corrected chi connectivity index (χ2v) is 7.13. The summed E-state index contributed by atoms with van der Waals surface area (Å²) in [7, 11) is 1.69. The maximum atomic E-state index is 10.0. The van der Waals surface area contributed by atoms with Crippen molar-refractivity contribution in [3.05, 3.63) is 24.3 Å². The van der Waals surface area contributed by atoms with Crippen molar-refractivity contribution in [2.75, 3.05) is 51.3 Å². The quantitative estimate of drug-likeness (QED) is 0.621. The van der Waals surface area contributed by atoms with Crippen LogP contribution in [0.1, 0.15) is 26.2 Å². The number of aliphatic hydroxyl groups excluding tert-OH is 1. The van der Waals surface area contributed by atoms with Gasteiger partial charge in [0.1, 0.15) is 5.75 Å². The Labute approximate surface area is 156 Å². The molecule has 1 saturated carbocycles. The fourth-order valence-electron chi connectivity index (χ4n) is 3.83. The number of ether oxygens (including phenoxy) is 1. The zero-order valence-corrected chi connectivity index (χ0v) is 16.0. The summed E-state index contributed by atoms with van der Waals surface area (Å²) in [6.07, 6.45) is 2.97. The molecule has 0 aromatic heterocycles. The average Bonchev–Trinajstić information content (AvgIpc) is 3.10. The summed E-state index contributed by atoms with van der Waals surface area (Å²) in [5.74, 6) is 2.20. The largest absolute Gasteiger partial charge is 0.497 e. The third-order valence-electron chi connectivity index (χ3n) is 5.45. The van der Waals surface area contributed by atoms with Crippen molar-refractivity contribution in [1.29, 1.82) is 0 Å². The molecule has 2 N–H and O–H groups in total. The highest BCUT2D eigenvalue weighted by Gasteiger charge is 2.26. The highest BCUT2D eigenvalue weighted by Crippen LogP contribution is 2.26. The van der Waals surface area contributed by atoms with E-state index >= 15 is 0 Å². The van der Waals surface area contributed by atoms with Crippen molar-refractivity contribution in [3.8, 4) is 5.75 Å². The summed E-state index contributed by atoms with van der Waals surface area (Å²) in [5, 5.41) is 13.4. The SMILES string of the molecule is CCNC(=NCC1CCCC1O)N1CCN(c2ccc(OC)cc2)CC1. The molecule has 1 saturated heterocycles. The maximum absolute atomic E-state index is 10.0. The van der Waals surface area contributed by atoms with Crippen molar-refractivity contribution in [2.45, 2.75) is 32.3 Å². The molecular weight excluding hydrogens is 328 g/mol. The van der Waals surface area contributed by atoms with Crippen LogP contribution in [0.5, 0.6) is 5.75 Å². The first-order valence-corrected chi connectivity index (χ1v) is 9.81. The Kier molecular flexibility index (Phi) is 6.61. The van der Waals surface area contributed by atoms with E-state index < -0.39 is 0 Å². The van der Waals surface area contributed by atoms with E-state index in [1.807, 2.05) is 12.1 Å². The lowest BCUT2D eigenvalue weighted by Gasteiger charge is -2.38. The molecule has 1 aliphatic carbocycles. The summed E-state index contributed by atoms with van der Waals surface area (Å²) in [4.78, 5) is 9.57. The molecule has 1 aliphatic heterocycles. The maximum Gasteiger partial charge on any atom is 0.194 e. The fourth-order valence-corrected chi connectivity index (χ4v) is 3.83. The number of aliphatic imine (C=N–C) groups is 1. The van der Waals surface area contributed by atoms with Crippen LogP contribution < -0.4 is 15.0 Å². The van der Waals surface area contributed by atoms with E-state index in [9.17, 15) is 5.11 Å². The van der Waals surface area contributed by atoms with E-state index in [-0.39, 0.29) is 6.10 Å². The van der Waals surface area contributed by atoms with Crippen LogP contribution in [-0.2, 0) is 0 Å². The summed E-state index contributed by atoms with van der Waals surface area (Å²) in [6.45, 7) is 7.54. The summed E-state index contributed by atoms with van der Waals surface area (Å²) >= 11 is 0. The fraction of sp³-hybridized carbons (Fsp3) is 0.650. The van der Waals surface area contributed by atoms with Gasteiger partial charge in [0, 0.05) is 50.9 Å². The highest BCUT2D eigenvalue weighted by molar-refractivity contribution is 5.80. The number of hydrogen-bond acceptors (Lipinski definition) is 4. The zero-order valence-electron chi connectivity index (χ0n) is 16.0. The van der Waals surface area contributed by atoms with Gasteiger partial charge in [-0.1, -0.05) is 6.42 Å².